The van der Waals surface area contributed by atoms with E-state index in [4.69, 9.17) is 9.84 Å². The molecule has 0 atom stereocenters. The SMILES string of the molecule is O=C(O)COc1cncc(-c2ccnc3ccccc23)c1. The van der Waals surface area contributed by atoms with Crippen molar-refractivity contribution in [1.29, 1.82) is 0 Å². The zero-order valence-electron chi connectivity index (χ0n) is 11.1. The summed E-state index contributed by atoms with van der Waals surface area (Å²) in [6, 6.07) is 11.5. The standard InChI is InChI=1S/C16H12N2O3/c19-16(20)10-21-12-7-11(8-17-9-12)13-5-6-18-15-4-2-1-3-14(13)15/h1-9H,10H2,(H,19,20). The summed E-state index contributed by atoms with van der Waals surface area (Å²) in [5, 5.41) is 9.66. The molecule has 5 heteroatoms. The summed E-state index contributed by atoms with van der Waals surface area (Å²) < 4.78 is 5.16. The van der Waals surface area contributed by atoms with E-state index in [1.165, 1.54) is 6.20 Å². The lowest BCUT2D eigenvalue weighted by atomic mass is 10.0. The van der Waals surface area contributed by atoms with E-state index in [0.717, 1.165) is 22.0 Å². The molecule has 1 aromatic carbocycles. The Labute approximate surface area is 120 Å². The highest BCUT2D eigenvalue weighted by Gasteiger charge is 2.07. The van der Waals surface area contributed by atoms with Crippen molar-refractivity contribution in [2.75, 3.05) is 6.61 Å². The van der Waals surface area contributed by atoms with E-state index < -0.39 is 5.97 Å². The third-order valence-electron chi connectivity index (χ3n) is 3.04. The van der Waals surface area contributed by atoms with Crippen molar-refractivity contribution in [3.05, 3.63) is 55.0 Å². The Morgan fingerprint density at radius 2 is 2.05 bits per heavy atom. The minimum Gasteiger partial charge on any atom is -0.480 e. The molecule has 2 heterocycles. The van der Waals surface area contributed by atoms with Gasteiger partial charge in [-0.3, -0.25) is 9.97 Å². The van der Waals surface area contributed by atoms with Gasteiger partial charge in [0.05, 0.1) is 11.7 Å². The molecule has 3 rings (SSSR count). The van der Waals surface area contributed by atoms with Gasteiger partial charge in [0.1, 0.15) is 5.75 Å². The third kappa shape index (κ3) is 2.81. The quantitative estimate of drug-likeness (QED) is 0.795. The van der Waals surface area contributed by atoms with Gasteiger partial charge in [0.2, 0.25) is 0 Å². The van der Waals surface area contributed by atoms with Gasteiger partial charge in [-0.15, -0.1) is 0 Å². The van der Waals surface area contributed by atoms with Crippen molar-refractivity contribution in [1.82, 2.24) is 9.97 Å². The van der Waals surface area contributed by atoms with Crippen LogP contribution in [0, 0.1) is 0 Å². The Hall–Kier alpha value is -2.95. The minimum atomic E-state index is -1.02. The summed E-state index contributed by atoms with van der Waals surface area (Å²) in [5.74, 6) is -0.592. The van der Waals surface area contributed by atoms with Crippen molar-refractivity contribution < 1.29 is 14.6 Å². The number of carbonyl (C=O) groups is 1. The number of ether oxygens (including phenoxy) is 1. The fourth-order valence-corrected chi connectivity index (χ4v) is 2.14. The van der Waals surface area contributed by atoms with E-state index in [1.54, 1.807) is 18.5 Å². The van der Waals surface area contributed by atoms with E-state index in [1.807, 2.05) is 30.3 Å². The lowest BCUT2D eigenvalue weighted by Crippen LogP contribution is -2.09. The second kappa shape index (κ2) is 5.58. The molecule has 0 amide bonds. The van der Waals surface area contributed by atoms with E-state index in [2.05, 4.69) is 9.97 Å². The molecule has 3 aromatic rings. The average Bonchev–Trinajstić information content (AvgIpc) is 2.52. The zero-order valence-corrected chi connectivity index (χ0v) is 11.1. The Morgan fingerprint density at radius 1 is 1.19 bits per heavy atom. The van der Waals surface area contributed by atoms with Crippen LogP contribution in [-0.2, 0) is 4.79 Å². The first-order valence-corrected chi connectivity index (χ1v) is 6.38. The van der Waals surface area contributed by atoms with Crippen LogP contribution in [0.3, 0.4) is 0 Å². The maximum absolute atomic E-state index is 10.5. The van der Waals surface area contributed by atoms with Crippen molar-refractivity contribution in [2.24, 2.45) is 0 Å². The maximum Gasteiger partial charge on any atom is 0.341 e. The molecule has 0 aliphatic carbocycles. The van der Waals surface area contributed by atoms with E-state index in [0.29, 0.717) is 5.75 Å². The van der Waals surface area contributed by atoms with Crippen LogP contribution in [0.15, 0.2) is 55.0 Å². The van der Waals surface area contributed by atoms with Gasteiger partial charge in [-0.25, -0.2) is 4.79 Å². The molecular weight excluding hydrogens is 268 g/mol. The third-order valence-corrected chi connectivity index (χ3v) is 3.04. The summed E-state index contributed by atoms with van der Waals surface area (Å²) in [6.07, 6.45) is 4.95. The number of aliphatic carboxylic acids is 1. The second-order valence-electron chi connectivity index (χ2n) is 4.47. The molecule has 5 nitrogen and oxygen atoms in total. The van der Waals surface area contributed by atoms with Crippen LogP contribution >= 0.6 is 0 Å². The number of fused-ring (bicyclic) bond motifs is 1. The number of benzene rings is 1. The van der Waals surface area contributed by atoms with Crippen LogP contribution in [0.25, 0.3) is 22.0 Å². The molecule has 1 N–H and O–H groups in total. The number of hydrogen-bond donors (Lipinski definition) is 1. The van der Waals surface area contributed by atoms with Gasteiger partial charge in [-0.1, -0.05) is 18.2 Å². The van der Waals surface area contributed by atoms with Gasteiger partial charge in [-0.2, -0.15) is 0 Å². The molecule has 0 radical (unpaired) electrons. The molecule has 2 aromatic heterocycles. The smallest absolute Gasteiger partial charge is 0.341 e. The fourth-order valence-electron chi connectivity index (χ4n) is 2.14. The number of carboxylic acids is 1. The number of nitrogens with zero attached hydrogens (tertiary/aromatic N) is 2. The second-order valence-corrected chi connectivity index (χ2v) is 4.47. The summed E-state index contributed by atoms with van der Waals surface area (Å²) in [6.45, 7) is -0.387. The molecule has 0 aliphatic heterocycles. The highest BCUT2D eigenvalue weighted by Crippen LogP contribution is 2.28. The molecule has 0 spiro atoms. The fraction of sp³-hybridized carbons (Fsp3) is 0.0625. The molecular formula is C16H12N2O3. The molecule has 0 unspecified atom stereocenters. The first kappa shape index (κ1) is 13.1. The van der Waals surface area contributed by atoms with Crippen molar-refractivity contribution in [3.8, 4) is 16.9 Å². The predicted octanol–water partition coefficient (Wildman–Crippen LogP) is 2.76. The zero-order chi connectivity index (χ0) is 14.7. The van der Waals surface area contributed by atoms with Crippen LogP contribution in [0.1, 0.15) is 0 Å². The van der Waals surface area contributed by atoms with E-state index >= 15 is 0 Å². The van der Waals surface area contributed by atoms with Crippen molar-refractivity contribution in [2.45, 2.75) is 0 Å². The Kier molecular flexibility index (Phi) is 3.47. The van der Waals surface area contributed by atoms with Gasteiger partial charge in [-0.05, 0) is 23.8 Å². The van der Waals surface area contributed by atoms with Crippen LogP contribution in [0.2, 0.25) is 0 Å². The average molecular weight is 280 g/mol. The van der Waals surface area contributed by atoms with Crippen LogP contribution in [0.4, 0.5) is 0 Å². The molecule has 0 fully saturated rings. The first-order chi connectivity index (χ1) is 10.2. The molecule has 0 saturated carbocycles. The summed E-state index contributed by atoms with van der Waals surface area (Å²) in [7, 11) is 0. The number of pyridine rings is 2. The van der Waals surface area contributed by atoms with Gasteiger partial charge >= 0.3 is 5.97 Å². The van der Waals surface area contributed by atoms with Crippen LogP contribution in [-0.4, -0.2) is 27.7 Å². The highest BCUT2D eigenvalue weighted by molar-refractivity contribution is 5.94. The topological polar surface area (TPSA) is 72.3 Å². The minimum absolute atomic E-state index is 0.387. The number of carboxylic acid groups (broad SMARTS) is 1. The Morgan fingerprint density at radius 3 is 2.90 bits per heavy atom. The van der Waals surface area contributed by atoms with Crippen molar-refractivity contribution >= 4 is 16.9 Å². The predicted molar refractivity (Wildman–Crippen MR) is 78.1 cm³/mol. The van der Waals surface area contributed by atoms with Gasteiger partial charge < -0.3 is 9.84 Å². The van der Waals surface area contributed by atoms with Gasteiger partial charge in [0.15, 0.2) is 6.61 Å². The van der Waals surface area contributed by atoms with E-state index in [-0.39, 0.29) is 6.61 Å². The van der Waals surface area contributed by atoms with Gasteiger partial charge in [0.25, 0.3) is 0 Å². The van der Waals surface area contributed by atoms with Gasteiger partial charge in [0, 0.05) is 23.3 Å². The highest BCUT2D eigenvalue weighted by atomic mass is 16.5. The summed E-state index contributed by atoms with van der Waals surface area (Å²) in [5.41, 5.74) is 2.73. The Bertz CT molecular complexity index is 797. The molecule has 0 bridgehead atoms. The van der Waals surface area contributed by atoms with Crippen LogP contribution in [0.5, 0.6) is 5.75 Å². The van der Waals surface area contributed by atoms with E-state index in [9.17, 15) is 4.79 Å². The monoisotopic (exact) mass is 280 g/mol. The number of aromatic nitrogens is 2. The van der Waals surface area contributed by atoms with Crippen LogP contribution < -0.4 is 4.74 Å². The normalized spacial score (nSPS) is 10.5. The number of rotatable bonds is 4. The lowest BCUT2D eigenvalue weighted by Gasteiger charge is -2.08. The summed E-state index contributed by atoms with van der Waals surface area (Å²) >= 11 is 0. The molecule has 0 aliphatic rings. The maximum atomic E-state index is 10.5. The largest absolute Gasteiger partial charge is 0.480 e. The lowest BCUT2D eigenvalue weighted by molar-refractivity contribution is -0.139. The first-order valence-electron chi connectivity index (χ1n) is 6.38. The molecule has 104 valence electrons. The number of hydrogen-bond acceptors (Lipinski definition) is 4. The molecule has 21 heavy (non-hydrogen) atoms. The summed E-state index contributed by atoms with van der Waals surface area (Å²) in [4.78, 5) is 19.0. The molecule has 0 saturated heterocycles. The Balaban J connectivity index is 2.02. The number of para-hydroxylation sites is 1. The van der Waals surface area contributed by atoms with Crippen molar-refractivity contribution in [3.63, 3.8) is 0 Å².